The van der Waals surface area contributed by atoms with E-state index in [9.17, 15) is 9.59 Å². The van der Waals surface area contributed by atoms with Crippen molar-refractivity contribution in [3.8, 4) is 0 Å². The molecule has 0 bridgehead atoms. The van der Waals surface area contributed by atoms with Crippen molar-refractivity contribution in [1.29, 1.82) is 0 Å². The minimum atomic E-state index is -0.272. The zero-order chi connectivity index (χ0) is 18.2. The molecule has 0 atom stereocenters. The third-order valence-electron chi connectivity index (χ3n) is 3.25. The first-order valence-corrected chi connectivity index (χ1v) is 9.24. The van der Waals surface area contributed by atoms with Crippen LogP contribution in [0.25, 0.3) is 0 Å². The average Bonchev–Trinajstić information content (AvgIpc) is 2.60. The molecule has 0 unspecified atom stereocenters. The van der Waals surface area contributed by atoms with Gasteiger partial charge in [-0.25, -0.2) is 0 Å². The first-order chi connectivity index (χ1) is 12.0. The van der Waals surface area contributed by atoms with E-state index in [-0.39, 0.29) is 16.9 Å². The number of hydrogen-bond acceptors (Lipinski definition) is 3. The van der Waals surface area contributed by atoms with Gasteiger partial charge in [0, 0.05) is 26.9 Å². The van der Waals surface area contributed by atoms with Crippen LogP contribution in [0.2, 0.25) is 0 Å². The summed E-state index contributed by atoms with van der Waals surface area (Å²) >= 11 is 7.31. The lowest BCUT2D eigenvalue weighted by Crippen LogP contribution is -2.34. The van der Waals surface area contributed by atoms with Crippen molar-refractivity contribution in [2.24, 2.45) is 0 Å². The average molecular weight is 467 g/mol. The fraction of sp³-hybridized carbons (Fsp3) is 0.167. The number of nitrogens with one attached hydrogen (secondary N) is 3. The molecule has 5 nitrogen and oxygen atoms in total. The summed E-state index contributed by atoms with van der Waals surface area (Å²) in [4.78, 5) is 24.0. The number of carbonyl (C=O) groups is 2. The number of amides is 2. The molecule has 2 aromatic rings. The monoisotopic (exact) mass is 467 g/mol. The molecule has 2 amide bonds. The summed E-state index contributed by atoms with van der Waals surface area (Å²) in [7, 11) is 0. The maximum absolute atomic E-state index is 12.1. The standard InChI is InChI=1S/C18H18IN3O2S/c1-2-10-20-16(23)12-6-8-15(9-7-12)21-18(25)22-17(24)13-4-3-5-14(19)11-13/h3-9,11H,2,10H2,1H3,(H,20,23)(H2,21,22,24,25). The minimum Gasteiger partial charge on any atom is -0.352 e. The molecule has 2 aromatic carbocycles. The van der Waals surface area contributed by atoms with Gasteiger partial charge in [0.15, 0.2) is 5.11 Å². The van der Waals surface area contributed by atoms with Gasteiger partial charge >= 0.3 is 0 Å². The van der Waals surface area contributed by atoms with Gasteiger partial charge in [-0.15, -0.1) is 0 Å². The van der Waals surface area contributed by atoms with Crippen LogP contribution in [-0.2, 0) is 0 Å². The van der Waals surface area contributed by atoms with E-state index < -0.39 is 0 Å². The summed E-state index contributed by atoms with van der Waals surface area (Å²) in [5, 5.41) is 8.58. The Labute approximate surface area is 165 Å². The molecule has 0 saturated carbocycles. The first kappa shape index (κ1) is 19.3. The molecule has 0 saturated heterocycles. The van der Waals surface area contributed by atoms with Crippen molar-refractivity contribution in [2.45, 2.75) is 13.3 Å². The van der Waals surface area contributed by atoms with Gasteiger partial charge in [-0.1, -0.05) is 13.0 Å². The van der Waals surface area contributed by atoms with E-state index in [1.807, 2.05) is 19.1 Å². The van der Waals surface area contributed by atoms with E-state index in [2.05, 4.69) is 38.5 Å². The smallest absolute Gasteiger partial charge is 0.257 e. The Hall–Kier alpha value is -2.00. The molecule has 0 fully saturated rings. The summed E-state index contributed by atoms with van der Waals surface area (Å²) in [6.07, 6.45) is 0.889. The summed E-state index contributed by atoms with van der Waals surface area (Å²) < 4.78 is 0.973. The van der Waals surface area contributed by atoms with Crippen LogP contribution in [0.15, 0.2) is 48.5 Å². The highest BCUT2D eigenvalue weighted by molar-refractivity contribution is 14.1. The number of anilines is 1. The van der Waals surface area contributed by atoms with Crippen molar-refractivity contribution in [3.63, 3.8) is 0 Å². The van der Waals surface area contributed by atoms with Gasteiger partial charge in [0.05, 0.1) is 0 Å². The highest BCUT2D eigenvalue weighted by Gasteiger charge is 2.09. The van der Waals surface area contributed by atoms with Crippen molar-refractivity contribution in [2.75, 3.05) is 11.9 Å². The van der Waals surface area contributed by atoms with Crippen LogP contribution in [0.4, 0.5) is 5.69 Å². The van der Waals surface area contributed by atoms with Crippen molar-refractivity contribution >= 4 is 57.4 Å². The van der Waals surface area contributed by atoms with E-state index in [1.54, 1.807) is 36.4 Å². The number of halogens is 1. The minimum absolute atomic E-state index is 0.108. The predicted octanol–water partition coefficient (Wildman–Crippen LogP) is 3.56. The van der Waals surface area contributed by atoms with Crippen LogP contribution in [0.1, 0.15) is 34.1 Å². The number of carbonyl (C=O) groups excluding carboxylic acids is 2. The van der Waals surface area contributed by atoms with Crippen molar-refractivity contribution in [3.05, 3.63) is 63.2 Å². The number of hydrogen-bond donors (Lipinski definition) is 3. The molecule has 0 heterocycles. The largest absolute Gasteiger partial charge is 0.352 e. The maximum Gasteiger partial charge on any atom is 0.257 e. The van der Waals surface area contributed by atoms with Gasteiger partial charge < -0.3 is 10.6 Å². The number of rotatable bonds is 5. The van der Waals surface area contributed by atoms with Crippen molar-refractivity contribution in [1.82, 2.24) is 10.6 Å². The molecule has 0 aromatic heterocycles. The molecule has 3 N–H and O–H groups in total. The van der Waals surface area contributed by atoms with E-state index >= 15 is 0 Å². The van der Waals surface area contributed by atoms with Crippen LogP contribution < -0.4 is 16.0 Å². The molecule has 0 aliphatic rings. The SMILES string of the molecule is CCCNC(=O)c1ccc(NC(=S)NC(=O)c2cccc(I)c2)cc1. The van der Waals surface area contributed by atoms with Gasteiger partial charge in [0.1, 0.15) is 0 Å². The van der Waals surface area contributed by atoms with Crippen molar-refractivity contribution < 1.29 is 9.59 Å². The fourth-order valence-electron chi connectivity index (χ4n) is 2.01. The van der Waals surface area contributed by atoms with Crippen LogP contribution in [0.3, 0.4) is 0 Å². The lowest BCUT2D eigenvalue weighted by atomic mass is 10.2. The second kappa shape index (κ2) is 9.47. The second-order valence-electron chi connectivity index (χ2n) is 5.25. The summed E-state index contributed by atoms with van der Waals surface area (Å²) in [5.41, 5.74) is 1.81. The zero-order valence-corrected chi connectivity index (χ0v) is 16.6. The lowest BCUT2D eigenvalue weighted by Gasteiger charge is -2.10. The summed E-state index contributed by atoms with van der Waals surface area (Å²) in [6, 6.07) is 14.1. The predicted molar refractivity (Wildman–Crippen MR) is 112 cm³/mol. The van der Waals surface area contributed by atoms with E-state index in [1.165, 1.54) is 0 Å². The van der Waals surface area contributed by atoms with Crippen LogP contribution >= 0.6 is 34.8 Å². The topological polar surface area (TPSA) is 70.2 Å². The second-order valence-corrected chi connectivity index (χ2v) is 6.91. The van der Waals surface area contributed by atoms with Gasteiger partial charge in [-0.2, -0.15) is 0 Å². The Bertz CT molecular complexity index is 778. The van der Waals surface area contributed by atoms with Crippen LogP contribution in [0, 0.1) is 3.57 Å². The first-order valence-electron chi connectivity index (χ1n) is 7.75. The molecule has 25 heavy (non-hydrogen) atoms. The number of benzene rings is 2. The molecule has 0 aliphatic carbocycles. The Morgan fingerprint density at radius 2 is 1.76 bits per heavy atom. The Balaban J connectivity index is 1.92. The Morgan fingerprint density at radius 1 is 1.04 bits per heavy atom. The Morgan fingerprint density at radius 3 is 2.40 bits per heavy atom. The molecule has 0 spiro atoms. The maximum atomic E-state index is 12.1. The quantitative estimate of drug-likeness (QED) is 0.465. The number of thiocarbonyl (C=S) groups is 1. The fourth-order valence-corrected chi connectivity index (χ4v) is 2.77. The highest BCUT2D eigenvalue weighted by Crippen LogP contribution is 2.10. The normalized spacial score (nSPS) is 10.0. The summed E-state index contributed by atoms with van der Waals surface area (Å²) in [6.45, 7) is 2.65. The lowest BCUT2D eigenvalue weighted by molar-refractivity contribution is 0.0951. The summed E-state index contributed by atoms with van der Waals surface area (Å²) in [5.74, 6) is -0.380. The van der Waals surface area contributed by atoms with Gasteiger partial charge in [0.25, 0.3) is 11.8 Å². The van der Waals surface area contributed by atoms with Gasteiger partial charge in [0.2, 0.25) is 0 Å². The molecule has 0 radical (unpaired) electrons. The van der Waals surface area contributed by atoms with Gasteiger partial charge in [-0.3, -0.25) is 14.9 Å². The molecular weight excluding hydrogens is 449 g/mol. The Kier molecular flexibility index (Phi) is 7.32. The molecule has 0 aliphatic heterocycles. The van der Waals surface area contributed by atoms with Gasteiger partial charge in [-0.05, 0) is 83.7 Å². The van der Waals surface area contributed by atoms with Crippen LogP contribution in [0.5, 0.6) is 0 Å². The van der Waals surface area contributed by atoms with E-state index in [4.69, 9.17) is 12.2 Å². The molecule has 130 valence electrons. The van der Waals surface area contributed by atoms with E-state index in [0.717, 1.165) is 9.99 Å². The van der Waals surface area contributed by atoms with Crippen LogP contribution in [-0.4, -0.2) is 23.5 Å². The molecule has 7 heteroatoms. The highest BCUT2D eigenvalue weighted by atomic mass is 127. The van der Waals surface area contributed by atoms with E-state index in [0.29, 0.717) is 23.4 Å². The molecular formula is C18H18IN3O2S. The zero-order valence-electron chi connectivity index (χ0n) is 13.6. The molecule has 2 rings (SSSR count). The third-order valence-corrected chi connectivity index (χ3v) is 4.13. The third kappa shape index (κ3) is 6.09.